The van der Waals surface area contributed by atoms with Crippen molar-refractivity contribution in [1.29, 1.82) is 0 Å². The molecule has 0 aliphatic heterocycles. The van der Waals surface area contributed by atoms with Crippen molar-refractivity contribution in [3.05, 3.63) is 0 Å². The van der Waals surface area contributed by atoms with Gasteiger partial charge in [-0.1, -0.05) is 19.8 Å². The molecule has 0 saturated heterocycles. The molecule has 1 aliphatic carbocycles. The Morgan fingerprint density at radius 1 is 1.40 bits per heavy atom. The van der Waals surface area contributed by atoms with Crippen molar-refractivity contribution in [2.24, 2.45) is 5.92 Å². The van der Waals surface area contributed by atoms with Crippen LogP contribution in [0.3, 0.4) is 0 Å². The van der Waals surface area contributed by atoms with E-state index in [1.165, 1.54) is 0 Å². The van der Waals surface area contributed by atoms with E-state index in [1.54, 1.807) is 0 Å². The number of hydrogen-bond acceptors (Lipinski definition) is 0. The van der Waals surface area contributed by atoms with Crippen LogP contribution in [-0.4, -0.2) is 5.92 Å². The first-order valence-electron chi connectivity index (χ1n) is 4.04. The SMILES string of the molecule is CCCC(F)(F)C1CCC1. The van der Waals surface area contributed by atoms with Crippen LogP contribution in [-0.2, 0) is 0 Å². The van der Waals surface area contributed by atoms with E-state index in [0.29, 0.717) is 6.42 Å². The van der Waals surface area contributed by atoms with E-state index in [1.807, 2.05) is 6.92 Å². The summed E-state index contributed by atoms with van der Waals surface area (Å²) in [5.41, 5.74) is 0. The van der Waals surface area contributed by atoms with Gasteiger partial charge in [-0.3, -0.25) is 0 Å². The molecule has 60 valence electrons. The molecule has 0 atom stereocenters. The Hall–Kier alpha value is -0.140. The van der Waals surface area contributed by atoms with Crippen molar-refractivity contribution in [3.63, 3.8) is 0 Å². The zero-order chi connectivity index (χ0) is 7.61. The fraction of sp³-hybridized carbons (Fsp3) is 1.00. The van der Waals surface area contributed by atoms with Gasteiger partial charge < -0.3 is 0 Å². The van der Waals surface area contributed by atoms with Gasteiger partial charge in [0.05, 0.1) is 0 Å². The van der Waals surface area contributed by atoms with Gasteiger partial charge in [-0.15, -0.1) is 0 Å². The average molecular weight is 148 g/mol. The molecule has 0 bridgehead atoms. The first-order valence-corrected chi connectivity index (χ1v) is 4.04. The summed E-state index contributed by atoms with van der Waals surface area (Å²) in [6, 6.07) is 0. The molecule has 1 aliphatic rings. The fourth-order valence-corrected chi connectivity index (χ4v) is 1.37. The molecule has 0 aromatic rings. The first-order chi connectivity index (χ1) is 4.67. The molecule has 10 heavy (non-hydrogen) atoms. The largest absolute Gasteiger partial charge is 0.250 e. The molecule has 0 aromatic carbocycles. The summed E-state index contributed by atoms with van der Waals surface area (Å²) in [7, 11) is 0. The maximum absolute atomic E-state index is 12.9. The number of alkyl halides is 2. The summed E-state index contributed by atoms with van der Waals surface area (Å²) >= 11 is 0. The standard InChI is InChI=1S/C8H14F2/c1-2-6-8(9,10)7-4-3-5-7/h7H,2-6H2,1H3. The predicted octanol–water partition coefficient (Wildman–Crippen LogP) is 3.22. The lowest BCUT2D eigenvalue weighted by Crippen LogP contribution is -2.33. The Bertz CT molecular complexity index is 106. The summed E-state index contributed by atoms with van der Waals surface area (Å²) in [6.45, 7) is 1.81. The number of halogens is 2. The molecule has 0 heterocycles. The van der Waals surface area contributed by atoms with Crippen LogP contribution in [0.1, 0.15) is 39.0 Å². The monoisotopic (exact) mass is 148 g/mol. The van der Waals surface area contributed by atoms with Gasteiger partial charge in [-0.05, 0) is 12.8 Å². The van der Waals surface area contributed by atoms with Crippen molar-refractivity contribution in [1.82, 2.24) is 0 Å². The third-order valence-electron chi connectivity index (χ3n) is 2.29. The normalized spacial score (nSPS) is 20.7. The summed E-state index contributed by atoms with van der Waals surface area (Å²) in [6.07, 6.45) is 3.17. The number of rotatable bonds is 3. The second kappa shape index (κ2) is 2.85. The molecule has 2 heteroatoms. The molecule has 0 aromatic heterocycles. The molecule has 0 spiro atoms. The second-order valence-corrected chi connectivity index (χ2v) is 3.14. The molecule has 0 nitrogen and oxygen atoms in total. The fourth-order valence-electron chi connectivity index (χ4n) is 1.37. The summed E-state index contributed by atoms with van der Waals surface area (Å²) in [4.78, 5) is 0. The second-order valence-electron chi connectivity index (χ2n) is 3.14. The summed E-state index contributed by atoms with van der Waals surface area (Å²) in [5, 5.41) is 0. The highest BCUT2D eigenvalue weighted by Crippen LogP contribution is 2.42. The van der Waals surface area contributed by atoms with Gasteiger partial charge >= 0.3 is 0 Å². The molecule has 0 amide bonds. The van der Waals surface area contributed by atoms with Crippen molar-refractivity contribution in [2.75, 3.05) is 0 Å². The lowest BCUT2D eigenvalue weighted by molar-refractivity contribution is -0.0934. The van der Waals surface area contributed by atoms with Crippen molar-refractivity contribution in [2.45, 2.75) is 45.0 Å². The van der Waals surface area contributed by atoms with Crippen molar-refractivity contribution in [3.8, 4) is 0 Å². The van der Waals surface area contributed by atoms with Gasteiger partial charge in [0.15, 0.2) is 0 Å². The molecule has 1 fully saturated rings. The van der Waals surface area contributed by atoms with Crippen LogP contribution in [0.2, 0.25) is 0 Å². The predicted molar refractivity (Wildman–Crippen MR) is 37.2 cm³/mol. The van der Waals surface area contributed by atoms with E-state index in [0.717, 1.165) is 19.3 Å². The highest BCUT2D eigenvalue weighted by atomic mass is 19.3. The zero-order valence-corrected chi connectivity index (χ0v) is 6.37. The topological polar surface area (TPSA) is 0 Å². The van der Waals surface area contributed by atoms with Crippen LogP contribution in [0.25, 0.3) is 0 Å². The van der Waals surface area contributed by atoms with E-state index < -0.39 is 5.92 Å². The summed E-state index contributed by atoms with van der Waals surface area (Å²) < 4.78 is 25.7. The Kier molecular flexibility index (Phi) is 2.27. The molecule has 0 radical (unpaired) electrons. The van der Waals surface area contributed by atoms with Gasteiger partial charge in [-0.2, -0.15) is 0 Å². The lowest BCUT2D eigenvalue weighted by atomic mass is 9.79. The van der Waals surface area contributed by atoms with Crippen LogP contribution in [0, 0.1) is 5.92 Å². The maximum Gasteiger partial charge on any atom is 0.250 e. The van der Waals surface area contributed by atoms with Crippen molar-refractivity contribution < 1.29 is 8.78 Å². The van der Waals surface area contributed by atoms with Gasteiger partial charge in [0.1, 0.15) is 0 Å². The van der Waals surface area contributed by atoms with Crippen LogP contribution in [0.5, 0.6) is 0 Å². The Morgan fingerprint density at radius 3 is 2.30 bits per heavy atom. The Labute approximate surface area is 60.6 Å². The molecular weight excluding hydrogens is 134 g/mol. The van der Waals surface area contributed by atoms with E-state index in [9.17, 15) is 8.78 Å². The smallest absolute Gasteiger partial charge is 0.207 e. The summed E-state index contributed by atoms with van der Waals surface area (Å²) in [5.74, 6) is -2.64. The minimum atomic E-state index is -2.35. The zero-order valence-electron chi connectivity index (χ0n) is 6.37. The Morgan fingerprint density at radius 2 is 2.00 bits per heavy atom. The van der Waals surface area contributed by atoms with Crippen LogP contribution in [0.4, 0.5) is 8.78 Å². The molecular formula is C8H14F2. The van der Waals surface area contributed by atoms with Gasteiger partial charge in [0.25, 0.3) is 5.92 Å². The van der Waals surface area contributed by atoms with Gasteiger partial charge in [0, 0.05) is 12.3 Å². The van der Waals surface area contributed by atoms with Gasteiger partial charge in [0.2, 0.25) is 0 Å². The van der Waals surface area contributed by atoms with Crippen LogP contribution in [0.15, 0.2) is 0 Å². The molecule has 1 saturated carbocycles. The minimum Gasteiger partial charge on any atom is -0.207 e. The van der Waals surface area contributed by atoms with Crippen LogP contribution >= 0.6 is 0 Å². The average Bonchev–Trinajstić information content (AvgIpc) is 1.56. The molecule has 0 unspecified atom stereocenters. The maximum atomic E-state index is 12.9. The quantitative estimate of drug-likeness (QED) is 0.576. The highest BCUT2D eigenvalue weighted by Gasteiger charge is 2.41. The molecule has 0 N–H and O–H groups in total. The van der Waals surface area contributed by atoms with E-state index in [4.69, 9.17) is 0 Å². The van der Waals surface area contributed by atoms with Crippen LogP contribution < -0.4 is 0 Å². The molecule has 1 rings (SSSR count). The van der Waals surface area contributed by atoms with Crippen molar-refractivity contribution >= 4 is 0 Å². The highest BCUT2D eigenvalue weighted by molar-refractivity contribution is 4.82. The van der Waals surface area contributed by atoms with E-state index in [2.05, 4.69) is 0 Å². The third-order valence-corrected chi connectivity index (χ3v) is 2.29. The van der Waals surface area contributed by atoms with E-state index >= 15 is 0 Å². The first kappa shape index (κ1) is 7.96. The number of hydrogen-bond donors (Lipinski definition) is 0. The minimum absolute atomic E-state index is 0.0810. The lowest BCUT2D eigenvalue weighted by Gasteiger charge is -2.33. The van der Waals surface area contributed by atoms with E-state index in [-0.39, 0.29) is 12.3 Å². The Balaban J connectivity index is 2.33. The third kappa shape index (κ3) is 1.47. The van der Waals surface area contributed by atoms with Gasteiger partial charge in [-0.25, -0.2) is 8.78 Å².